The van der Waals surface area contributed by atoms with E-state index in [0.29, 0.717) is 0 Å². The highest BCUT2D eigenvalue weighted by Crippen LogP contribution is 2.15. The lowest BCUT2D eigenvalue weighted by Crippen LogP contribution is -2.14. The van der Waals surface area contributed by atoms with E-state index in [9.17, 15) is 4.79 Å². The fraction of sp³-hybridized carbons (Fsp3) is 0.222. The van der Waals surface area contributed by atoms with Crippen LogP contribution in [0.1, 0.15) is 21.2 Å². The van der Waals surface area contributed by atoms with Gasteiger partial charge in [-0.2, -0.15) is 0 Å². The molecule has 88 valence electrons. The van der Waals surface area contributed by atoms with E-state index in [-0.39, 0.29) is 15.4 Å². The summed E-state index contributed by atoms with van der Waals surface area (Å²) in [7, 11) is 0. The first-order chi connectivity index (χ1) is 8.04. The highest BCUT2D eigenvalue weighted by atomic mass is 35.5. The van der Waals surface area contributed by atoms with Crippen molar-refractivity contribution >= 4 is 34.8 Å². The molecule has 8 heteroatoms. The average Bonchev–Trinajstić information content (AvgIpc) is 2.63. The third kappa shape index (κ3) is 2.95. The summed E-state index contributed by atoms with van der Waals surface area (Å²) in [6.45, 7) is 3.65. The standard InChI is InChI=1S/C9H8ClN5OS/c1-4-3-5(2)12-9(11-4)13-6(16)7-14-15-8(10)17-7/h3H,1-2H3,(H,11,12,13,16). The van der Waals surface area contributed by atoms with Gasteiger partial charge in [-0.3, -0.25) is 10.1 Å². The minimum atomic E-state index is -0.417. The zero-order valence-corrected chi connectivity index (χ0v) is 10.6. The highest BCUT2D eigenvalue weighted by molar-refractivity contribution is 7.17. The normalized spacial score (nSPS) is 10.3. The zero-order valence-electron chi connectivity index (χ0n) is 9.06. The SMILES string of the molecule is Cc1cc(C)nc(NC(=O)c2nnc(Cl)s2)n1. The molecule has 1 amide bonds. The number of halogens is 1. The number of carbonyl (C=O) groups excluding carboxylic acids is 1. The Labute approximate surface area is 106 Å². The summed E-state index contributed by atoms with van der Waals surface area (Å²) in [5.74, 6) is -0.168. The Kier molecular flexibility index (Phi) is 3.30. The first-order valence-electron chi connectivity index (χ1n) is 4.67. The van der Waals surface area contributed by atoms with Gasteiger partial charge in [0.1, 0.15) is 0 Å². The molecule has 2 aromatic rings. The molecule has 0 radical (unpaired) electrons. The number of hydrogen-bond donors (Lipinski definition) is 1. The number of carbonyl (C=O) groups is 1. The predicted octanol–water partition coefficient (Wildman–Crippen LogP) is 1.85. The van der Waals surface area contributed by atoms with Crippen molar-refractivity contribution in [3.8, 4) is 0 Å². The van der Waals surface area contributed by atoms with Crippen LogP contribution in [0.25, 0.3) is 0 Å². The average molecular weight is 270 g/mol. The van der Waals surface area contributed by atoms with Gasteiger partial charge >= 0.3 is 0 Å². The molecule has 0 aliphatic carbocycles. The summed E-state index contributed by atoms with van der Waals surface area (Å²) in [5.41, 5.74) is 1.56. The van der Waals surface area contributed by atoms with E-state index in [1.165, 1.54) is 0 Å². The number of aromatic nitrogens is 4. The van der Waals surface area contributed by atoms with Crippen molar-refractivity contribution in [2.24, 2.45) is 0 Å². The van der Waals surface area contributed by atoms with Crippen LogP contribution >= 0.6 is 22.9 Å². The van der Waals surface area contributed by atoms with Crippen LogP contribution < -0.4 is 5.32 Å². The van der Waals surface area contributed by atoms with Crippen molar-refractivity contribution < 1.29 is 4.79 Å². The summed E-state index contributed by atoms with van der Waals surface area (Å²) in [6.07, 6.45) is 0. The van der Waals surface area contributed by atoms with Crippen molar-refractivity contribution in [2.45, 2.75) is 13.8 Å². The molecule has 0 saturated carbocycles. The summed E-state index contributed by atoms with van der Waals surface area (Å²) >= 11 is 6.59. The first-order valence-corrected chi connectivity index (χ1v) is 5.86. The maximum atomic E-state index is 11.7. The summed E-state index contributed by atoms with van der Waals surface area (Å²) in [4.78, 5) is 19.9. The second-order valence-electron chi connectivity index (χ2n) is 3.29. The minimum Gasteiger partial charge on any atom is -0.288 e. The number of anilines is 1. The lowest BCUT2D eigenvalue weighted by molar-refractivity contribution is 0.102. The molecule has 1 N–H and O–H groups in total. The smallest absolute Gasteiger partial charge is 0.288 e. The monoisotopic (exact) mass is 269 g/mol. The van der Waals surface area contributed by atoms with E-state index < -0.39 is 5.91 Å². The van der Waals surface area contributed by atoms with Gasteiger partial charge in [0.2, 0.25) is 15.4 Å². The Morgan fingerprint density at radius 1 is 1.29 bits per heavy atom. The van der Waals surface area contributed by atoms with Gasteiger partial charge in [0.15, 0.2) is 0 Å². The van der Waals surface area contributed by atoms with Crippen LogP contribution in [-0.2, 0) is 0 Å². The topological polar surface area (TPSA) is 80.7 Å². The number of amides is 1. The molecule has 0 saturated heterocycles. The van der Waals surface area contributed by atoms with Crippen molar-refractivity contribution in [2.75, 3.05) is 5.32 Å². The molecule has 0 atom stereocenters. The Hall–Kier alpha value is -1.60. The van der Waals surface area contributed by atoms with Gasteiger partial charge in [-0.1, -0.05) is 11.3 Å². The van der Waals surface area contributed by atoms with Crippen molar-refractivity contribution in [3.63, 3.8) is 0 Å². The fourth-order valence-electron chi connectivity index (χ4n) is 1.23. The van der Waals surface area contributed by atoms with Crippen LogP contribution in [0.5, 0.6) is 0 Å². The largest absolute Gasteiger partial charge is 0.289 e. The first kappa shape index (κ1) is 11.9. The summed E-state index contributed by atoms with van der Waals surface area (Å²) < 4.78 is 0.219. The van der Waals surface area contributed by atoms with Gasteiger partial charge in [-0.05, 0) is 31.5 Å². The molecular formula is C9H8ClN5OS. The molecule has 2 rings (SSSR count). The zero-order chi connectivity index (χ0) is 12.4. The third-order valence-electron chi connectivity index (χ3n) is 1.80. The van der Waals surface area contributed by atoms with E-state index in [1.54, 1.807) is 0 Å². The minimum absolute atomic E-state index is 0.178. The van der Waals surface area contributed by atoms with Crippen molar-refractivity contribution in [1.29, 1.82) is 0 Å². The maximum Gasteiger partial charge on any atom is 0.289 e. The van der Waals surface area contributed by atoms with Crippen LogP contribution in [-0.4, -0.2) is 26.1 Å². The summed E-state index contributed by atoms with van der Waals surface area (Å²) in [5, 5.41) is 9.89. The molecule has 0 bridgehead atoms. The van der Waals surface area contributed by atoms with E-state index >= 15 is 0 Å². The van der Waals surface area contributed by atoms with E-state index in [4.69, 9.17) is 11.6 Å². The molecule has 0 unspecified atom stereocenters. The van der Waals surface area contributed by atoms with Crippen LogP contribution in [0.4, 0.5) is 5.95 Å². The van der Waals surface area contributed by atoms with Crippen LogP contribution in [0.15, 0.2) is 6.07 Å². The molecule has 0 aromatic carbocycles. The van der Waals surface area contributed by atoms with Crippen molar-refractivity contribution in [3.05, 3.63) is 26.9 Å². The second kappa shape index (κ2) is 4.72. The number of aryl methyl sites for hydroxylation is 2. The molecular weight excluding hydrogens is 262 g/mol. The number of hydrogen-bond acceptors (Lipinski definition) is 6. The second-order valence-corrected chi connectivity index (χ2v) is 4.85. The number of nitrogens with zero attached hydrogens (tertiary/aromatic N) is 4. The van der Waals surface area contributed by atoms with E-state index in [2.05, 4.69) is 25.5 Å². The molecule has 2 heterocycles. The lowest BCUT2D eigenvalue weighted by atomic mass is 10.4. The predicted molar refractivity (Wildman–Crippen MR) is 64.4 cm³/mol. The fourth-order valence-corrected chi connectivity index (χ4v) is 1.96. The lowest BCUT2D eigenvalue weighted by Gasteiger charge is -2.02. The molecule has 0 spiro atoms. The highest BCUT2D eigenvalue weighted by Gasteiger charge is 2.13. The molecule has 0 aliphatic rings. The van der Waals surface area contributed by atoms with E-state index in [0.717, 1.165) is 22.7 Å². The van der Waals surface area contributed by atoms with Gasteiger partial charge in [-0.15, -0.1) is 10.2 Å². The molecule has 17 heavy (non-hydrogen) atoms. The Balaban J connectivity index is 2.18. The van der Waals surface area contributed by atoms with Crippen LogP contribution in [0.3, 0.4) is 0 Å². The van der Waals surface area contributed by atoms with Crippen LogP contribution in [0, 0.1) is 13.8 Å². The Morgan fingerprint density at radius 3 is 2.47 bits per heavy atom. The molecule has 0 aliphatic heterocycles. The summed E-state index contributed by atoms with van der Waals surface area (Å²) in [6, 6.07) is 1.82. The van der Waals surface area contributed by atoms with E-state index in [1.807, 2.05) is 19.9 Å². The van der Waals surface area contributed by atoms with Gasteiger partial charge in [-0.25, -0.2) is 9.97 Å². The van der Waals surface area contributed by atoms with Gasteiger partial charge in [0.05, 0.1) is 0 Å². The number of nitrogens with one attached hydrogen (secondary N) is 1. The Morgan fingerprint density at radius 2 is 1.94 bits per heavy atom. The Bertz CT molecular complexity index is 550. The van der Waals surface area contributed by atoms with Crippen molar-refractivity contribution in [1.82, 2.24) is 20.2 Å². The van der Waals surface area contributed by atoms with Gasteiger partial charge < -0.3 is 0 Å². The van der Waals surface area contributed by atoms with Gasteiger partial charge in [0, 0.05) is 11.4 Å². The third-order valence-corrected chi connectivity index (χ3v) is 2.82. The number of rotatable bonds is 2. The molecule has 6 nitrogen and oxygen atoms in total. The van der Waals surface area contributed by atoms with Gasteiger partial charge in [0.25, 0.3) is 5.91 Å². The maximum absolute atomic E-state index is 11.7. The molecule has 2 aromatic heterocycles. The quantitative estimate of drug-likeness (QED) is 0.900. The molecule has 0 fully saturated rings. The van der Waals surface area contributed by atoms with Crippen LogP contribution in [0.2, 0.25) is 4.47 Å².